The molecule has 1 aromatic heterocycles. The lowest BCUT2D eigenvalue weighted by Crippen LogP contribution is -2.22. The number of fused-ring (bicyclic) bond motifs is 1. The van der Waals surface area contributed by atoms with Crippen LogP contribution in [0.25, 0.3) is 10.9 Å². The molecule has 24 heavy (non-hydrogen) atoms. The summed E-state index contributed by atoms with van der Waals surface area (Å²) in [5, 5.41) is -0.306. The molecular weight excluding hydrogens is 330 g/mol. The van der Waals surface area contributed by atoms with Crippen LogP contribution in [0.1, 0.15) is 42.7 Å². The number of aromatic nitrogens is 1. The van der Waals surface area contributed by atoms with E-state index in [1.54, 1.807) is 20.8 Å². The SMILES string of the molecule is CCOC(=O)c1cn(C(C)C)c2cc(C(F)(F)F)c(F)cc2c1=O. The molecule has 4 nitrogen and oxygen atoms in total. The van der Waals surface area contributed by atoms with Crippen LogP contribution in [0.3, 0.4) is 0 Å². The van der Waals surface area contributed by atoms with Crippen molar-refractivity contribution >= 4 is 16.9 Å². The van der Waals surface area contributed by atoms with E-state index < -0.39 is 29.0 Å². The summed E-state index contributed by atoms with van der Waals surface area (Å²) in [4.78, 5) is 24.3. The number of benzene rings is 1. The molecule has 1 aromatic carbocycles. The number of hydrogen-bond donors (Lipinski definition) is 0. The normalized spacial score (nSPS) is 12.0. The Morgan fingerprint density at radius 2 is 1.92 bits per heavy atom. The average Bonchev–Trinajstić information content (AvgIpc) is 2.46. The minimum absolute atomic E-state index is 0.0271. The minimum Gasteiger partial charge on any atom is -0.462 e. The van der Waals surface area contributed by atoms with Gasteiger partial charge in [-0.3, -0.25) is 4.79 Å². The van der Waals surface area contributed by atoms with Gasteiger partial charge in [0.2, 0.25) is 5.43 Å². The van der Waals surface area contributed by atoms with Crippen LogP contribution in [0, 0.1) is 5.82 Å². The molecule has 0 atom stereocenters. The molecule has 0 N–H and O–H groups in total. The van der Waals surface area contributed by atoms with Crippen molar-refractivity contribution < 1.29 is 27.1 Å². The highest BCUT2D eigenvalue weighted by molar-refractivity contribution is 5.94. The van der Waals surface area contributed by atoms with E-state index in [1.807, 2.05) is 0 Å². The van der Waals surface area contributed by atoms with E-state index in [0.29, 0.717) is 12.1 Å². The van der Waals surface area contributed by atoms with Gasteiger partial charge in [0.1, 0.15) is 11.4 Å². The van der Waals surface area contributed by atoms with Gasteiger partial charge >= 0.3 is 12.1 Å². The second-order valence-electron chi connectivity index (χ2n) is 5.44. The average molecular weight is 345 g/mol. The van der Waals surface area contributed by atoms with E-state index in [2.05, 4.69) is 0 Å². The van der Waals surface area contributed by atoms with Gasteiger partial charge in [-0.25, -0.2) is 9.18 Å². The molecule has 0 saturated heterocycles. The number of pyridine rings is 1. The van der Waals surface area contributed by atoms with Crippen molar-refractivity contribution in [1.29, 1.82) is 0 Å². The molecule has 0 fully saturated rings. The zero-order chi connectivity index (χ0) is 18.2. The van der Waals surface area contributed by atoms with Crippen molar-refractivity contribution in [3.05, 3.63) is 45.5 Å². The van der Waals surface area contributed by atoms with Gasteiger partial charge in [-0.05, 0) is 32.9 Å². The molecule has 0 unspecified atom stereocenters. The van der Waals surface area contributed by atoms with Crippen LogP contribution in [-0.4, -0.2) is 17.1 Å². The topological polar surface area (TPSA) is 48.3 Å². The molecule has 0 aliphatic heterocycles. The van der Waals surface area contributed by atoms with E-state index in [4.69, 9.17) is 4.74 Å². The maximum atomic E-state index is 13.8. The first-order valence-electron chi connectivity index (χ1n) is 7.20. The highest BCUT2D eigenvalue weighted by Crippen LogP contribution is 2.33. The molecule has 0 aliphatic rings. The minimum atomic E-state index is -4.89. The summed E-state index contributed by atoms with van der Waals surface area (Å²) in [6, 6.07) is 0.733. The van der Waals surface area contributed by atoms with Gasteiger partial charge in [-0.2, -0.15) is 13.2 Å². The second-order valence-corrected chi connectivity index (χ2v) is 5.44. The Morgan fingerprint density at radius 1 is 1.29 bits per heavy atom. The maximum absolute atomic E-state index is 13.8. The summed E-state index contributed by atoms with van der Waals surface area (Å²) >= 11 is 0. The quantitative estimate of drug-likeness (QED) is 0.626. The summed E-state index contributed by atoms with van der Waals surface area (Å²) in [5.74, 6) is -2.47. The van der Waals surface area contributed by atoms with Crippen molar-refractivity contribution in [2.45, 2.75) is 33.0 Å². The van der Waals surface area contributed by atoms with Gasteiger partial charge < -0.3 is 9.30 Å². The monoisotopic (exact) mass is 345 g/mol. The fourth-order valence-corrected chi connectivity index (χ4v) is 2.37. The number of esters is 1. The third kappa shape index (κ3) is 3.13. The molecule has 0 spiro atoms. The molecule has 1 heterocycles. The highest BCUT2D eigenvalue weighted by Gasteiger charge is 2.35. The largest absolute Gasteiger partial charge is 0.462 e. The Balaban J connectivity index is 2.89. The van der Waals surface area contributed by atoms with Crippen LogP contribution in [0.5, 0.6) is 0 Å². The van der Waals surface area contributed by atoms with E-state index in [0.717, 1.165) is 6.20 Å². The van der Waals surface area contributed by atoms with Gasteiger partial charge in [0.25, 0.3) is 0 Å². The van der Waals surface area contributed by atoms with Crippen LogP contribution in [0.4, 0.5) is 17.6 Å². The molecule has 2 aromatic rings. The van der Waals surface area contributed by atoms with Gasteiger partial charge in [-0.1, -0.05) is 0 Å². The summed E-state index contributed by atoms with van der Waals surface area (Å²) < 4.78 is 58.7. The molecule has 2 rings (SSSR count). The highest BCUT2D eigenvalue weighted by atomic mass is 19.4. The van der Waals surface area contributed by atoms with Gasteiger partial charge in [-0.15, -0.1) is 0 Å². The van der Waals surface area contributed by atoms with Crippen molar-refractivity contribution in [3.63, 3.8) is 0 Å². The number of carbonyl (C=O) groups excluding carboxylic acids is 1. The molecule has 0 bridgehead atoms. The number of alkyl halides is 3. The zero-order valence-corrected chi connectivity index (χ0v) is 13.2. The van der Waals surface area contributed by atoms with E-state index >= 15 is 0 Å². The van der Waals surface area contributed by atoms with E-state index in [1.165, 1.54) is 4.57 Å². The molecule has 0 radical (unpaired) electrons. The maximum Gasteiger partial charge on any atom is 0.419 e. The summed E-state index contributed by atoms with van der Waals surface area (Å²) in [6.45, 7) is 4.90. The molecule has 0 amide bonds. The number of halogens is 4. The van der Waals surface area contributed by atoms with E-state index in [-0.39, 0.29) is 29.1 Å². The number of hydrogen-bond acceptors (Lipinski definition) is 3. The van der Waals surface area contributed by atoms with Crippen LogP contribution in [0.15, 0.2) is 23.1 Å². The van der Waals surface area contributed by atoms with E-state index in [9.17, 15) is 27.2 Å². The third-order valence-electron chi connectivity index (χ3n) is 3.48. The lowest BCUT2D eigenvalue weighted by atomic mass is 10.1. The van der Waals surface area contributed by atoms with Crippen LogP contribution in [0.2, 0.25) is 0 Å². The molecular formula is C16H15F4NO3. The summed E-state index contributed by atoms with van der Waals surface area (Å²) in [5.41, 5.74) is -2.78. The number of nitrogens with zero attached hydrogens (tertiary/aromatic N) is 1. The summed E-state index contributed by atoms with van der Waals surface area (Å²) in [7, 11) is 0. The van der Waals surface area contributed by atoms with Crippen molar-refractivity contribution in [1.82, 2.24) is 4.57 Å². The molecule has 8 heteroatoms. The zero-order valence-electron chi connectivity index (χ0n) is 13.2. The Kier molecular flexibility index (Phi) is 4.68. The van der Waals surface area contributed by atoms with Gasteiger partial charge in [0.15, 0.2) is 0 Å². The lowest BCUT2D eigenvalue weighted by Gasteiger charge is -2.18. The third-order valence-corrected chi connectivity index (χ3v) is 3.48. The first kappa shape index (κ1) is 18.0. The summed E-state index contributed by atoms with van der Waals surface area (Å²) in [6.07, 6.45) is -3.75. The lowest BCUT2D eigenvalue weighted by molar-refractivity contribution is -0.139. The number of rotatable bonds is 3. The molecule has 0 aliphatic carbocycles. The Hall–Kier alpha value is -2.38. The van der Waals surface area contributed by atoms with Crippen molar-refractivity contribution in [3.8, 4) is 0 Å². The number of carbonyl (C=O) groups is 1. The molecule has 130 valence electrons. The standard InChI is InChI=1S/C16H15F4NO3/c1-4-24-15(23)10-7-21(8(2)3)13-6-11(16(18,19)20)12(17)5-9(13)14(10)22/h5-8H,4H2,1-3H3. The number of ether oxygens (including phenoxy) is 1. The first-order valence-corrected chi connectivity index (χ1v) is 7.20. The predicted octanol–water partition coefficient (Wildman–Crippen LogP) is 3.92. The predicted molar refractivity (Wildman–Crippen MR) is 79.5 cm³/mol. The fourth-order valence-electron chi connectivity index (χ4n) is 2.37. The second kappa shape index (κ2) is 6.26. The smallest absolute Gasteiger partial charge is 0.419 e. The fraction of sp³-hybridized carbons (Fsp3) is 0.375. The van der Waals surface area contributed by atoms with Crippen LogP contribution in [-0.2, 0) is 10.9 Å². The van der Waals surface area contributed by atoms with Crippen LogP contribution >= 0.6 is 0 Å². The van der Waals surface area contributed by atoms with Gasteiger partial charge in [0.05, 0.1) is 17.7 Å². The van der Waals surface area contributed by atoms with Gasteiger partial charge in [0, 0.05) is 17.6 Å². The Labute approximate surface area is 134 Å². The first-order chi connectivity index (χ1) is 11.1. The Bertz CT molecular complexity index is 853. The van der Waals surface area contributed by atoms with Crippen molar-refractivity contribution in [2.75, 3.05) is 6.61 Å². The Morgan fingerprint density at radius 3 is 2.42 bits per heavy atom. The molecule has 0 saturated carbocycles. The van der Waals surface area contributed by atoms with Crippen LogP contribution < -0.4 is 5.43 Å². The van der Waals surface area contributed by atoms with Crippen molar-refractivity contribution in [2.24, 2.45) is 0 Å².